The molecule has 1 atom stereocenters. The van der Waals surface area contributed by atoms with E-state index in [1.165, 1.54) is 12.8 Å². The minimum atomic E-state index is 0.122. The van der Waals surface area contributed by atoms with Gasteiger partial charge in [-0.1, -0.05) is 0 Å². The van der Waals surface area contributed by atoms with E-state index < -0.39 is 0 Å². The molecule has 114 valence electrons. The van der Waals surface area contributed by atoms with E-state index in [9.17, 15) is 4.79 Å². The van der Waals surface area contributed by atoms with Crippen molar-refractivity contribution >= 4 is 22.9 Å². The molecule has 1 saturated heterocycles. The fraction of sp³-hybridized carbons (Fsp3) is 0.600. The summed E-state index contributed by atoms with van der Waals surface area (Å²) in [6.45, 7) is 0.776. The minimum Gasteiger partial charge on any atom is -0.363 e. The van der Waals surface area contributed by atoms with Crippen molar-refractivity contribution in [3.05, 3.63) is 12.7 Å². The van der Waals surface area contributed by atoms with Crippen LogP contribution in [0, 0.1) is 0 Å². The lowest BCUT2D eigenvalue weighted by atomic mass is 10.2. The molecule has 3 heterocycles. The number of hydrogen-bond donors (Lipinski definition) is 1. The van der Waals surface area contributed by atoms with Gasteiger partial charge in [0.1, 0.15) is 11.8 Å². The SMILES string of the molecule is O=C1CC(Nc2ncnc3c2ncn3C2CC2)CN1C1CC1. The van der Waals surface area contributed by atoms with Crippen LogP contribution in [0.5, 0.6) is 0 Å². The Hall–Kier alpha value is -2.18. The number of anilines is 1. The maximum atomic E-state index is 12.1. The molecule has 7 nitrogen and oxygen atoms in total. The van der Waals surface area contributed by atoms with Gasteiger partial charge < -0.3 is 14.8 Å². The largest absolute Gasteiger partial charge is 0.363 e. The van der Waals surface area contributed by atoms with Gasteiger partial charge in [-0.25, -0.2) is 15.0 Å². The number of aromatic nitrogens is 4. The van der Waals surface area contributed by atoms with Gasteiger partial charge in [0.2, 0.25) is 5.91 Å². The number of imidazole rings is 1. The predicted octanol–water partition coefficient (Wildman–Crippen LogP) is 1.34. The van der Waals surface area contributed by atoms with Gasteiger partial charge in [0.15, 0.2) is 11.5 Å². The summed E-state index contributed by atoms with van der Waals surface area (Å²) in [4.78, 5) is 27.3. The molecule has 1 N–H and O–H groups in total. The highest BCUT2D eigenvalue weighted by molar-refractivity contribution is 5.85. The van der Waals surface area contributed by atoms with Crippen LogP contribution in [0.1, 0.15) is 38.1 Å². The lowest BCUT2D eigenvalue weighted by molar-refractivity contribution is -0.128. The van der Waals surface area contributed by atoms with Gasteiger partial charge in [0.05, 0.1) is 12.4 Å². The van der Waals surface area contributed by atoms with Crippen LogP contribution in [0.3, 0.4) is 0 Å². The van der Waals surface area contributed by atoms with Gasteiger partial charge in [-0.3, -0.25) is 4.79 Å². The number of rotatable bonds is 4. The predicted molar refractivity (Wildman–Crippen MR) is 80.4 cm³/mol. The first-order chi connectivity index (χ1) is 10.8. The van der Waals surface area contributed by atoms with Crippen molar-refractivity contribution in [3.8, 4) is 0 Å². The van der Waals surface area contributed by atoms with E-state index in [4.69, 9.17) is 0 Å². The fourth-order valence-corrected chi connectivity index (χ4v) is 3.34. The molecule has 22 heavy (non-hydrogen) atoms. The summed E-state index contributed by atoms with van der Waals surface area (Å²) in [5.41, 5.74) is 1.70. The number of likely N-dealkylation sites (tertiary alicyclic amines) is 1. The quantitative estimate of drug-likeness (QED) is 0.921. The van der Waals surface area contributed by atoms with Crippen LogP contribution in [0.15, 0.2) is 12.7 Å². The van der Waals surface area contributed by atoms with Crippen molar-refractivity contribution < 1.29 is 4.79 Å². The molecule has 0 radical (unpaired) electrons. The molecule has 3 aliphatic rings. The fourth-order valence-electron chi connectivity index (χ4n) is 3.34. The topological polar surface area (TPSA) is 75.9 Å². The maximum absolute atomic E-state index is 12.1. The minimum absolute atomic E-state index is 0.122. The third-order valence-electron chi connectivity index (χ3n) is 4.79. The van der Waals surface area contributed by atoms with Crippen LogP contribution in [-0.4, -0.2) is 49.0 Å². The van der Waals surface area contributed by atoms with Crippen molar-refractivity contribution in [2.75, 3.05) is 11.9 Å². The number of carbonyl (C=O) groups excluding carboxylic acids is 1. The number of carbonyl (C=O) groups is 1. The van der Waals surface area contributed by atoms with Crippen molar-refractivity contribution in [1.29, 1.82) is 0 Å². The summed E-state index contributed by atoms with van der Waals surface area (Å²) in [7, 11) is 0. The van der Waals surface area contributed by atoms with Crippen molar-refractivity contribution in [1.82, 2.24) is 24.4 Å². The summed E-state index contributed by atoms with van der Waals surface area (Å²) >= 11 is 0. The zero-order valence-corrected chi connectivity index (χ0v) is 12.3. The molecule has 1 aliphatic heterocycles. The van der Waals surface area contributed by atoms with Crippen molar-refractivity contribution in [2.24, 2.45) is 0 Å². The Balaban J connectivity index is 1.41. The Morgan fingerprint density at radius 1 is 1.09 bits per heavy atom. The summed E-state index contributed by atoms with van der Waals surface area (Å²) in [5.74, 6) is 1.01. The first kappa shape index (κ1) is 12.4. The van der Waals surface area contributed by atoms with E-state index in [1.54, 1.807) is 6.33 Å². The van der Waals surface area contributed by atoms with Gasteiger partial charge in [0, 0.05) is 25.0 Å². The Labute approximate surface area is 127 Å². The zero-order chi connectivity index (χ0) is 14.7. The molecule has 5 rings (SSSR count). The van der Waals surface area contributed by atoms with E-state index in [-0.39, 0.29) is 11.9 Å². The smallest absolute Gasteiger partial charge is 0.225 e. The van der Waals surface area contributed by atoms with E-state index in [1.807, 2.05) is 11.2 Å². The molecule has 0 spiro atoms. The summed E-state index contributed by atoms with van der Waals surface area (Å²) in [6.07, 6.45) is 8.70. The molecule has 2 aromatic heterocycles. The molecule has 2 saturated carbocycles. The monoisotopic (exact) mass is 298 g/mol. The van der Waals surface area contributed by atoms with Crippen LogP contribution in [0.25, 0.3) is 11.2 Å². The maximum Gasteiger partial charge on any atom is 0.225 e. The second-order valence-electron chi connectivity index (χ2n) is 6.60. The molecular formula is C15H18N6O. The van der Waals surface area contributed by atoms with Crippen LogP contribution in [-0.2, 0) is 4.79 Å². The highest BCUT2D eigenvalue weighted by atomic mass is 16.2. The van der Waals surface area contributed by atoms with Crippen LogP contribution >= 0.6 is 0 Å². The second kappa shape index (κ2) is 4.41. The third-order valence-corrected chi connectivity index (χ3v) is 4.79. The number of amides is 1. The van der Waals surface area contributed by atoms with E-state index in [0.29, 0.717) is 18.5 Å². The third kappa shape index (κ3) is 1.95. The molecular weight excluding hydrogens is 280 g/mol. The molecule has 3 fully saturated rings. The Kier molecular flexibility index (Phi) is 2.48. The highest BCUT2D eigenvalue weighted by Crippen LogP contribution is 2.37. The number of nitrogens with zero attached hydrogens (tertiary/aromatic N) is 5. The Morgan fingerprint density at radius 2 is 1.91 bits per heavy atom. The molecule has 0 aromatic carbocycles. The standard InChI is InChI=1S/C15H18N6O/c22-12-5-9(6-20(12)10-1-2-10)19-14-13-15(17-7-16-14)21(8-18-13)11-3-4-11/h7-11H,1-6H2,(H,16,17,19). The lowest BCUT2D eigenvalue weighted by Gasteiger charge is -2.16. The van der Waals surface area contributed by atoms with Gasteiger partial charge in [-0.05, 0) is 25.7 Å². The first-order valence-corrected chi connectivity index (χ1v) is 8.03. The van der Waals surface area contributed by atoms with Crippen LogP contribution in [0.4, 0.5) is 5.82 Å². The van der Waals surface area contributed by atoms with Crippen LogP contribution in [0.2, 0.25) is 0 Å². The molecule has 2 aliphatic carbocycles. The molecule has 1 amide bonds. The summed E-state index contributed by atoms with van der Waals surface area (Å²) in [5, 5.41) is 3.41. The highest BCUT2D eigenvalue weighted by Gasteiger charge is 2.39. The van der Waals surface area contributed by atoms with Gasteiger partial charge in [-0.2, -0.15) is 0 Å². The normalized spacial score (nSPS) is 25.2. The zero-order valence-electron chi connectivity index (χ0n) is 12.3. The average molecular weight is 298 g/mol. The Morgan fingerprint density at radius 3 is 2.68 bits per heavy atom. The van der Waals surface area contributed by atoms with Crippen molar-refractivity contribution in [2.45, 2.75) is 50.2 Å². The second-order valence-corrected chi connectivity index (χ2v) is 6.60. The molecule has 7 heteroatoms. The average Bonchev–Trinajstić information content (AvgIpc) is 3.44. The molecule has 2 aromatic rings. The lowest BCUT2D eigenvalue weighted by Crippen LogP contribution is -2.30. The van der Waals surface area contributed by atoms with Gasteiger partial charge in [0.25, 0.3) is 0 Å². The molecule has 0 bridgehead atoms. The molecule has 1 unspecified atom stereocenters. The number of fused-ring (bicyclic) bond motifs is 1. The van der Waals surface area contributed by atoms with Crippen LogP contribution < -0.4 is 5.32 Å². The van der Waals surface area contributed by atoms with E-state index in [2.05, 4.69) is 24.8 Å². The van der Waals surface area contributed by atoms with E-state index in [0.717, 1.165) is 36.4 Å². The first-order valence-electron chi connectivity index (χ1n) is 8.03. The number of hydrogen-bond acceptors (Lipinski definition) is 5. The van der Waals surface area contributed by atoms with E-state index >= 15 is 0 Å². The van der Waals surface area contributed by atoms with Crippen molar-refractivity contribution in [3.63, 3.8) is 0 Å². The summed E-state index contributed by atoms with van der Waals surface area (Å²) < 4.78 is 2.14. The van der Waals surface area contributed by atoms with Gasteiger partial charge >= 0.3 is 0 Å². The van der Waals surface area contributed by atoms with Gasteiger partial charge in [-0.15, -0.1) is 0 Å². The number of nitrogens with one attached hydrogen (secondary N) is 1. The summed E-state index contributed by atoms with van der Waals surface area (Å²) in [6, 6.07) is 1.15. The Bertz CT molecular complexity index is 748.